The highest BCUT2D eigenvalue weighted by Gasteiger charge is 2.32. The average Bonchev–Trinajstić information content (AvgIpc) is 3.29. The van der Waals surface area contributed by atoms with Crippen molar-refractivity contribution in [2.24, 2.45) is 0 Å². The minimum Gasteiger partial charge on any atom is -0.487 e. The van der Waals surface area contributed by atoms with E-state index in [0.717, 1.165) is 17.1 Å². The summed E-state index contributed by atoms with van der Waals surface area (Å²) in [4.78, 5) is 30.6. The highest BCUT2D eigenvalue weighted by atomic mass is 32.1. The van der Waals surface area contributed by atoms with Gasteiger partial charge in [0.2, 0.25) is 16.9 Å². The maximum absolute atomic E-state index is 12.7. The standard InChI is InChI=1S/C21H26F2N4O4S/c1-11(2)19-25-21(32-26-19)24-17(28)10-27-9-14(8-18(27)29)13-5-6-15(31-20(22)23)16(7-13)30-12(3)4/h5-7,11-12,14,20H,8-10H2,1-4H3,(H,24,25,26,28)/t14-/m1/s1. The van der Waals surface area contributed by atoms with Crippen LogP contribution in [0, 0.1) is 0 Å². The Kier molecular flexibility index (Phi) is 7.60. The third kappa shape index (κ3) is 6.12. The molecule has 0 radical (unpaired) electrons. The van der Waals surface area contributed by atoms with Gasteiger partial charge in [0.05, 0.1) is 12.6 Å². The maximum atomic E-state index is 12.7. The van der Waals surface area contributed by atoms with Crippen molar-refractivity contribution in [2.75, 3.05) is 18.4 Å². The summed E-state index contributed by atoms with van der Waals surface area (Å²) in [5.74, 6) is 0.231. The van der Waals surface area contributed by atoms with Gasteiger partial charge in [-0.05, 0) is 31.5 Å². The number of hydrogen-bond donors (Lipinski definition) is 1. The van der Waals surface area contributed by atoms with Gasteiger partial charge in [-0.2, -0.15) is 13.2 Å². The number of alkyl halides is 2. The number of hydrogen-bond acceptors (Lipinski definition) is 7. The summed E-state index contributed by atoms with van der Waals surface area (Å²) in [7, 11) is 0. The minimum atomic E-state index is -2.97. The molecule has 1 saturated heterocycles. The van der Waals surface area contributed by atoms with Crippen molar-refractivity contribution in [1.29, 1.82) is 0 Å². The number of nitrogens with one attached hydrogen (secondary N) is 1. The Morgan fingerprint density at radius 2 is 2.00 bits per heavy atom. The SMILES string of the molecule is CC(C)Oc1cc([C@@H]2CC(=O)N(CC(=O)Nc3nc(C(C)C)ns3)C2)ccc1OC(F)F. The van der Waals surface area contributed by atoms with Crippen LogP contribution < -0.4 is 14.8 Å². The Hall–Kier alpha value is -2.82. The molecule has 0 unspecified atom stereocenters. The second-order valence-corrected chi connectivity index (χ2v) is 8.84. The lowest BCUT2D eigenvalue weighted by atomic mass is 9.98. The summed E-state index contributed by atoms with van der Waals surface area (Å²) in [6, 6.07) is 4.68. The van der Waals surface area contributed by atoms with Gasteiger partial charge in [-0.25, -0.2) is 4.98 Å². The Morgan fingerprint density at radius 1 is 1.25 bits per heavy atom. The van der Waals surface area contributed by atoms with Gasteiger partial charge in [0.25, 0.3) is 0 Å². The number of ether oxygens (including phenoxy) is 2. The number of carbonyl (C=O) groups is 2. The van der Waals surface area contributed by atoms with E-state index in [9.17, 15) is 18.4 Å². The predicted octanol–water partition coefficient (Wildman–Crippen LogP) is 4.00. The molecular weight excluding hydrogens is 442 g/mol. The summed E-state index contributed by atoms with van der Waals surface area (Å²) < 4.78 is 39.7. The molecule has 11 heteroatoms. The van der Waals surface area contributed by atoms with Crippen molar-refractivity contribution in [3.05, 3.63) is 29.6 Å². The van der Waals surface area contributed by atoms with E-state index in [4.69, 9.17) is 4.74 Å². The Labute approximate surface area is 189 Å². The van der Waals surface area contributed by atoms with Crippen LogP contribution in [-0.2, 0) is 9.59 Å². The van der Waals surface area contributed by atoms with Gasteiger partial charge in [-0.1, -0.05) is 19.9 Å². The van der Waals surface area contributed by atoms with Crippen LogP contribution in [0.4, 0.5) is 13.9 Å². The van der Waals surface area contributed by atoms with Crippen LogP contribution >= 0.6 is 11.5 Å². The fourth-order valence-electron chi connectivity index (χ4n) is 3.32. The number of anilines is 1. The molecule has 3 rings (SSSR count). The first-order valence-corrected chi connectivity index (χ1v) is 11.1. The normalized spacial score (nSPS) is 16.3. The quantitative estimate of drug-likeness (QED) is 0.598. The zero-order valence-corrected chi connectivity index (χ0v) is 19.1. The predicted molar refractivity (Wildman–Crippen MR) is 115 cm³/mol. The van der Waals surface area contributed by atoms with E-state index >= 15 is 0 Å². The summed E-state index contributed by atoms with van der Waals surface area (Å²) in [5, 5.41) is 3.08. The van der Waals surface area contributed by atoms with Gasteiger partial charge in [-0.15, -0.1) is 0 Å². The summed E-state index contributed by atoms with van der Waals surface area (Å²) >= 11 is 1.10. The molecule has 1 N–H and O–H groups in total. The molecule has 1 aliphatic rings. The van der Waals surface area contributed by atoms with Gasteiger partial charge in [0.1, 0.15) is 5.82 Å². The van der Waals surface area contributed by atoms with Crippen LogP contribution in [0.15, 0.2) is 18.2 Å². The fraction of sp³-hybridized carbons (Fsp3) is 0.524. The molecule has 1 aromatic carbocycles. The molecule has 2 heterocycles. The summed E-state index contributed by atoms with van der Waals surface area (Å²) in [6.45, 7) is 4.73. The molecule has 0 bridgehead atoms. The third-order valence-corrected chi connectivity index (χ3v) is 5.42. The molecule has 1 aromatic heterocycles. The molecule has 1 aliphatic heterocycles. The first-order chi connectivity index (χ1) is 15.1. The molecule has 0 spiro atoms. The third-order valence-electron chi connectivity index (χ3n) is 4.77. The smallest absolute Gasteiger partial charge is 0.387 e. The second kappa shape index (κ2) is 10.2. The highest BCUT2D eigenvalue weighted by Crippen LogP contribution is 2.36. The van der Waals surface area contributed by atoms with E-state index < -0.39 is 6.61 Å². The van der Waals surface area contributed by atoms with Crippen LogP contribution in [0.25, 0.3) is 0 Å². The maximum Gasteiger partial charge on any atom is 0.387 e. The summed E-state index contributed by atoms with van der Waals surface area (Å²) in [5.41, 5.74) is 0.754. The lowest BCUT2D eigenvalue weighted by molar-refractivity contribution is -0.131. The van der Waals surface area contributed by atoms with Crippen LogP contribution in [0.1, 0.15) is 57.3 Å². The van der Waals surface area contributed by atoms with Crippen molar-refractivity contribution in [3.8, 4) is 11.5 Å². The van der Waals surface area contributed by atoms with E-state index in [2.05, 4.69) is 19.4 Å². The Morgan fingerprint density at radius 3 is 2.62 bits per heavy atom. The molecule has 1 fully saturated rings. The van der Waals surface area contributed by atoms with Gasteiger partial charge in [0, 0.05) is 36.3 Å². The first kappa shape index (κ1) is 23.8. The summed E-state index contributed by atoms with van der Waals surface area (Å²) in [6.07, 6.45) is -0.0352. The van der Waals surface area contributed by atoms with Crippen LogP contribution in [0.2, 0.25) is 0 Å². The monoisotopic (exact) mass is 468 g/mol. The number of halogens is 2. The van der Waals surface area contributed by atoms with Crippen LogP contribution in [0.3, 0.4) is 0 Å². The number of rotatable bonds is 9. The lowest BCUT2D eigenvalue weighted by Crippen LogP contribution is -2.34. The van der Waals surface area contributed by atoms with E-state index in [0.29, 0.717) is 17.5 Å². The number of likely N-dealkylation sites (tertiary alicyclic amines) is 1. The topological polar surface area (TPSA) is 93.7 Å². The zero-order valence-electron chi connectivity index (χ0n) is 18.3. The van der Waals surface area contributed by atoms with Crippen molar-refractivity contribution >= 4 is 28.5 Å². The number of aromatic nitrogens is 2. The number of nitrogens with zero attached hydrogens (tertiary/aromatic N) is 3. The molecule has 1 atom stereocenters. The van der Waals surface area contributed by atoms with Crippen LogP contribution in [0.5, 0.6) is 11.5 Å². The zero-order chi connectivity index (χ0) is 23.4. The van der Waals surface area contributed by atoms with E-state index in [-0.39, 0.29) is 54.2 Å². The van der Waals surface area contributed by atoms with E-state index in [1.165, 1.54) is 11.0 Å². The van der Waals surface area contributed by atoms with Crippen LogP contribution in [-0.4, -0.2) is 51.9 Å². The van der Waals surface area contributed by atoms with Crippen molar-refractivity contribution in [1.82, 2.24) is 14.3 Å². The average molecular weight is 469 g/mol. The van der Waals surface area contributed by atoms with Gasteiger partial charge in [-0.3, -0.25) is 14.9 Å². The molecule has 2 amide bonds. The molecule has 8 nitrogen and oxygen atoms in total. The van der Waals surface area contributed by atoms with Crippen molar-refractivity contribution in [2.45, 2.75) is 58.7 Å². The second-order valence-electron chi connectivity index (χ2n) is 8.09. The molecule has 174 valence electrons. The molecule has 2 aromatic rings. The van der Waals surface area contributed by atoms with Gasteiger partial charge < -0.3 is 14.4 Å². The van der Waals surface area contributed by atoms with Crippen molar-refractivity contribution in [3.63, 3.8) is 0 Å². The minimum absolute atomic E-state index is 0.0594. The fourth-order valence-corrected chi connectivity index (χ4v) is 4.04. The van der Waals surface area contributed by atoms with E-state index in [1.807, 2.05) is 13.8 Å². The van der Waals surface area contributed by atoms with Gasteiger partial charge >= 0.3 is 6.61 Å². The first-order valence-electron chi connectivity index (χ1n) is 10.3. The Balaban J connectivity index is 1.65. The number of carbonyl (C=O) groups excluding carboxylic acids is 2. The molecular formula is C21H26F2N4O4S. The largest absolute Gasteiger partial charge is 0.487 e. The highest BCUT2D eigenvalue weighted by molar-refractivity contribution is 7.09. The number of benzene rings is 1. The molecule has 32 heavy (non-hydrogen) atoms. The lowest BCUT2D eigenvalue weighted by Gasteiger charge is -2.18. The number of amides is 2. The van der Waals surface area contributed by atoms with Gasteiger partial charge in [0.15, 0.2) is 11.5 Å². The van der Waals surface area contributed by atoms with Crippen molar-refractivity contribution < 1.29 is 27.8 Å². The van der Waals surface area contributed by atoms with E-state index in [1.54, 1.807) is 26.0 Å². The molecule has 0 aliphatic carbocycles. The Bertz CT molecular complexity index is 967. The molecule has 0 saturated carbocycles.